The van der Waals surface area contributed by atoms with Crippen LogP contribution in [-0.4, -0.2) is 68.6 Å². The monoisotopic (exact) mass is 404 g/mol. The molecule has 1 amide bonds. The zero-order valence-electron chi connectivity index (χ0n) is 16.0. The van der Waals surface area contributed by atoms with Crippen LogP contribution < -0.4 is 9.47 Å². The molecule has 9 nitrogen and oxygen atoms in total. The van der Waals surface area contributed by atoms with E-state index in [0.29, 0.717) is 16.9 Å². The second-order valence-corrected chi connectivity index (χ2v) is 6.72. The molecule has 0 spiro atoms. The van der Waals surface area contributed by atoms with E-state index in [1.807, 2.05) is 6.92 Å². The largest absolute Gasteiger partial charge is 0.480 e. The molecule has 1 aliphatic rings. The van der Waals surface area contributed by atoms with Crippen LogP contribution in [0.3, 0.4) is 0 Å². The van der Waals surface area contributed by atoms with E-state index < -0.39 is 18.4 Å². The maximum atomic E-state index is 13.4. The summed E-state index contributed by atoms with van der Waals surface area (Å²) in [4.78, 5) is 26.2. The average Bonchev–Trinajstić information content (AvgIpc) is 3.30. The number of hydrogen-bond donors (Lipinski definition) is 0. The van der Waals surface area contributed by atoms with Crippen molar-refractivity contribution >= 4 is 11.6 Å². The van der Waals surface area contributed by atoms with Gasteiger partial charge in [-0.05, 0) is 18.6 Å². The number of likely N-dealkylation sites (tertiary alicyclic amines) is 1. The van der Waals surface area contributed by atoms with Crippen molar-refractivity contribution in [2.45, 2.75) is 19.3 Å². The van der Waals surface area contributed by atoms with Gasteiger partial charge in [-0.3, -0.25) is 4.79 Å². The van der Waals surface area contributed by atoms with Crippen molar-refractivity contribution in [2.75, 3.05) is 27.3 Å². The van der Waals surface area contributed by atoms with Gasteiger partial charge >= 0.3 is 6.01 Å². The Hall–Kier alpha value is -3.37. The molecule has 1 fully saturated rings. The van der Waals surface area contributed by atoms with Crippen LogP contribution in [0.4, 0.5) is 8.78 Å². The normalized spacial score (nSPS) is 15.7. The first kappa shape index (κ1) is 19.0. The lowest BCUT2D eigenvalue weighted by atomic mass is 10.2. The molecule has 3 aromatic heterocycles. The highest BCUT2D eigenvalue weighted by Gasteiger charge is 2.41. The Morgan fingerprint density at radius 3 is 2.69 bits per heavy atom. The van der Waals surface area contributed by atoms with Gasteiger partial charge in [-0.15, -0.1) is 0 Å². The summed E-state index contributed by atoms with van der Waals surface area (Å²) in [6.45, 7) is 1.21. The molecule has 0 saturated carbocycles. The molecule has 0 unspecified atom stereocenters. The predicted octanol–water partition coefficient (Wildman–Crippen LogP) is 1.99. The van der Waals surface area contributed by atoms with Crippen molar-refractivity contribution in [3.05, 3.63) is 29.7 Å². The summed E-state index contributed by atoms with van der Waals surface area (Å²) in [5, 5.41) is 4.46. The molecule has 4 heterocycles. The van der Waals surface area contributed by atoms with Crippen molar-refractivity contribution in [2.24, 2.45) is 0 Å². The third-order valence-electron chi connectivity index (χ3n) is 4.67. The maximum absolute atomic E-state index is 13.4. The summed E-state index contributed by atoms with van der Waals surface area (Å²) in [5.74, 6) is -3.13. The number of methoxy groups -OCH3 is 2. The molecule has 11 heteroatoms. The Kier molecular flexibility index (Phi) is 4.52. The fourth-order valence-corrected chi connectivity index (χ4v) is 3.22. The molecule has 1 saturated heterocycles. The van der Waals surface area contributed by atoms with E-state index in [0.717, 1.165) is 10.5 Å². The van der Waals surface area contributed by atoms with E-state index in [4.69, 9.17) is 9.47 Å². The summed E-state index contributed by atoms with van der Waals surface area (Å²) in [5.41, 5.74) is 2.28. The van der Waals surface area contributed by atoms with E-state index in [-0.39, 0.29) is 30.5 Å². The Morgan fingerprint density at radius 2 is 2.03 bits per heavy atom. The van der Waals surface area contributed by atoms with Gasteiger partial charge in [-0.2, -0.15) is 10.1 Å². The van der Waals surface area contributed by atoms with Crippen LogP contribution in [-0.2, 0) is 0 Å². The summed E-state index contributed by atoms with van der Waals surface area (Å²) >= 11 is 0. The highest BCUT2D eigenvalue weighted by molar-refractivity contribution is 5.93. The van der Waals surface area contributed by atoms with E-state index in [1.165, 1.54) is 31.1 Å². The molecule has 152 valence electrons. The van der Waals surface area contributed by atoms with Gasteiger partial charge in [0.05, 0.1) is 38.2 Å². The number of ether oxygens (including phenoxy) is 2. The number of imidazole rings is 1. The number of hydrogen-bond acceptors (Lipinski definition) is 7. The first-order valence-electron chi connectivity index (χ1n) is 8.81. The van der Waals surface area contributed by atoms with Crippen molar-refractivity contribution in [1.82, 2.24) is 29.5 Å². The second-order valence-electron chi connectivity index (χ2n) is 6.72. The first-order valence-corrected chi connectivity index (χ1v) is 8.81. The van der Waals surface area contributed by atoms with Gasteiger partial charge in [0.2, 0.25) is 5.88 Å². The summed E-state index contributed by atoms with van der Waals surface area (Å²) in [7, 11) is 2.92. The number of alkyl halides is 2. The molecule has 4 rings (SSSR count). The standard InChI is InChI=1S/C18H18F2N6O3/c1-10-6-12(11-7-21-17(29-3)23-15(11)28-2)24-26-8-13(22-14(10)26)16(27)25-5-4-18(19,20)9-25/h6-8H,4-5,9H2,1-3H3. The van der Waals surface area contributed by atoms with E-state index in [1.54, 1.807) is 6.07 Å². The minimum atomic E-state index is -2.86. The molecule has 0 aromatic carbocycles. The van der Waals surface area contributed by atoms with Crippen molar-refractivity contribution in [3.63, 3.8) is 0 Å². The molecule has 29 heavy (non-hydrogen) atoms. The van der Waals surface area contributed by atoms with E-state index in [2.05, 4.69) is 20.1 Å². The number of amides is 1. The van der Waals surface area contributed by atoms with E-state index >= 15 is 0 Å². The van der Waals surface area contributed by atoms with Gasteiger partial charge in [-0.1, -0.05) is 0 Å². The van der Waals surface area contributed by atoms with Crippen LogP contribution in [0.2, 0.25) is 0 Å². The minimum absolute atomic E-state index is 0.00223. The molecule has 0 radical (unpaired) electrons. The molecule has 0 bridgehead atoms. The second kappa shape index (κ2) is 6.90. The number of carbonyl (C=O) groups is 1. The van der Waals surface area contributed by atoms with Crippen LogP contribution in [0.5, 0.6) is 11.9 Å². The summed E-state index contributed by atoms with van der Waals surface area (Å²) in [6, 6.07) is 1.91. The quantitative estimate of drug-likeness (QED) is 0.656. The average molecular weight is 404 g/mol. The van der Waals surface area contributed by atoms with Crippen LogP contribution in [0.1, 0.15) is 22.5 Å². The van der Waals surface area contributed by atoms with Gasteiger partial charge in [-0.25, -0.2) is 23.3 Å². The van der Waals surface area contributed by atoms with Gasteiger partial charge in [0.15, 0.2) is 5.65 Å². The summed E-state index contributed by atoms with van der Waals surface area (Å²) < 4.78 is 38.6. The smallest absolute Gasteiger partial charge is 0.319 e. The third kappa shape index (κ3) is 3.43. The number of rotatable bonds is 4. The number of carbonyl (C=O) groups excluding carboxylic acids is 1. The molecular formula is C18H18F2N6O3. The number of fused-ring (bicyclic) bond motifs is 1. The van der Waals surface area contributed by atoms with Gasteiger partial charge < -0.3 is 14.4 Å². The minimum Gasteiger partial charge on any atom is -0.480 e. The highest BCUT2D eigenvalue weighted by atomic mass is 19.3. The van der Waals surface area contributed by atoms with E-state index in [9.17, 15) is 13.6 Å². The Labute approximate surface area is 164 Å². The predicted molar refractivity (Wildman–Crippen MR) is 97.3 cm³/mol. The van der Waals surface area contributed by atoms with Gasteiger partial charge in [0.25, 0.3) is 11.8 Å². The van der Waals surface area contributed by atoms with Crippen LogP contribution >= 0.6 is 0 Å². The number of aryl methyl sites for hydroxylation is 1. The van der Waals surface area contributed by atoms with Gasteiger partial charge in [0.1, 0.15) is 5.69 Å². The SMILES string of the molecule is COc1ncc(-c2cc(C)c3nc(C(=O)N4CCC(F)(F)C4)cn3n2)c(OC)n1. The first-order chi connectivity index (χ1) is 13.8. The molecule has 0 atom stereocenters. The Morgan fingerprint density at radius 1 is 1.24 bits per heavy atom. The molecular weight excluding hydrogens is 386 g/mol. The number of aromatic nitrogens is 5. The van der Waals surface area contributed by atoms with Crippen molar-refractivity contribution in [1.29, 1.82) is 0 Å². The summed E-state index contributed by atoms with van der Waals surface area (Å²) in [6.07, 6.45) is 2.61. The zero-order valence-corrected chi connectivity index (χ0v) is 16.0. The molecule has 1 aliphatic heterocycles. The fourth-order valence-electron chi connectivity index (χ4n) is 3.22. The molecule has 3 aromatic rings. The lowest BCUT2D eigenvalue weighted by molar-refractivity contribution is 0.0119. The van der Waals surface area contributed by atoms with Crippen LogP contribution in [0, 0.1) is 6.92 Å². The van der Waals surface area contributed by atoms with Crippen molar-refractivity contribution in [3.8, 4) is 23.1 Å². The zero-order chi connectivity index (χ0) is 20.8. The number of halogens is 2. The lowest BCUT2D eigenvalue weighted by Crippen LogP contribution is -2.31. The third-order valence-corrected chi connectivity index (χ3v) is 4.67. The van der Waals surface area contributed by atoms with Crippen LogP contribution in [0.25, 0.3) is 16.9 Å². The highest BCUT2D eigenvalue weighted by Crippen LogP contribution is 2.30. The lowest BCUT2D eigenvalue weighted by Gasteiger charge is -2.14. The fraction of sp³-hybridized carbons (Fsp3) is 0.389. The Balaban J connectivity index is 1.72. The topological polar surface area (TPSA) is 94.7 Å². The maximum Gasteiger partial charge on any atom is 0.319 e. The molecule has 0 N–H and O–H groups in total. The van der Waals surface area contributed by atoms with Gasteiger partial charge in [0, 0.05) is 19.2 Å². The van der Waals surface area contributed by atoms with Crippen molar-refractivity contribution < 1.29 is 23.0 Å². The Bertz CT molecular complexity index is 1100. The van der Waals surface area contributed by atoms with Crippen LogP contribution in [0.15, 0.2) is 18.5 Å². The molecule has 0 aliphatic carbocycles. The number of nitrogens with zero attached hydrogens (tertiary/aromatic N) is 6.